The summed E-state index contributed by atoms with van der Waals surface area (Å²) in [4.78, 5) is 0. The highest BCUT2D eigenvalue weighted by Gasteiger charge is 2.15. The first-order valence-electron chi connectivity index (χ1n) is 7.93. The standard InChI is InChI=1S/C20H19N3O2/c1-24-11-12-25-17-9-7-15(8-10-17)19-14-23(20(22)18(19)13-21)16-5-3-2-4-6-16/h2-10,14H,11-12,22H2,1H3. The molecule has 0 spiro atoms. The average molecular weight is 333 g/mol. The first-order valence-corrected chi connectivity index (χ1v) is 7.93. The highest BCUT2D eigenvalue weighted by Crippen LogP contribution is 2.32. The van der Waals surface area contributed by atoms with Crippen molar-refractivity contribution in [1.82, 2.24) is 4.57 Å². The summed E-state index contributed by atoms with van der Waals surface area (Å²) in [6.07, 6.45) is 1.89. The first kappa shape index (κ1) is 16.6. The number of anilines is 1. The van der Waals surface area contributed by atoms with Gasteiger partial charge in [0, 0.05) is 24.6 Å². The molecule has 0 radical (unpaired) electrons. The van der Waals surface area contributed by atoms with Crippen LogP contribution in [0.1, 0.15) is 5.56 Å². The summed E-state index contributed by atoms with van der Waals surface area (Å²) in [7, 11) is 1.64. The van der Waals surface area contributed by atoms with Crippen LogP contribution >= 0.6 is 0 Å². The molecule has 0 saturated carbocycles. The summed E-state index contributed by atoms with van der Waals surface area (Å²) in [6, 6.07) is 19.5. The Morgan fingerprint density at radius 2 is 1.76 bits per heavy atom. The third-order valence-corrected chi connectivity index (χ3v) is 3.91. The van der Waals surface area contributed by atoms with E-state index in [0.717, 1.165) is 22.6 Å². The van der Waals surface area contributed by atoms with E-state index >= 15 is 0 Å². The number of nitrogen functional groups attached to an aromatic ring is 1. The molecule has 1 aromatic heterocycles. The predicted octanol–water partition coefficient (Wildman–Crippen LogP) is 3.62. The van der Waals surface area contributed by atoms with E-state index in [-0.39, 0.29) is 0 Å². The maximum atomic E-state index is 9.54. The molecule has 5 heteroatoms. The molecule has 0 aliphatic carbocycles. The zero-order valence-electron chi connectivity index (χ0n) is 14.0. The van der Waals surface area contributed by atoms with Crippen LogP contribution in [0.3, 0.4) is 0 Å². The van der Waals surface area contributed by atoms with Gasteiger partial charge >= 0.3 is 0 Å². The molecule has 5 nitrogen and oxygen atoms in total. The minimum Gasteiger partial charge on any atom is -0.491 e. The molecule has 0 unspecified atom stereocenters. The second kappa shape index (κ2) is 7.56. The van der Waals surface area contributed by atoms with Gasteiger partial charge in [0.05, 0.1) is 6.61 Å². The number of benzene rings is 2. The van der Waals surface area contributed by atoms with Crippen LogP contribution < -0.4 is 10.5 Å². The Morgan fingerprint density at radius 1 is 1.04 bits per heavy atom. The second-order valence-corrected chi connectivity index (χ2v) is 5.49. The molecule has 1 heterocycles. The number of hydrogen-bond acceptors (Lipinski definition) is 4. The van der Waals surface area contributed by atoms with Crippen LogP contribution in [-0.4, -0.2) is 24.9 Å². The van der Waals surface area contributed by atoms with Gasteiger partial charge < -0.3 is 19.8 Å². The summed E-state index contributed by atoms with van der Waals surface area (Å²) in [6.45, 7) is 1.04. The zero-order chi connectivity index (χ0) is 17.6. The molecule has 0 atom stereocenters. The van der Waals surface area contributed by atoms with Gasteiger partial charge in [-0.1, -0.05) is 30.3 Å². The molecule has 0 bridgehead atoms. The molecule has 2 N–H and O–H groups in total. The van der Waals surface area contributed by atoms with Crippen molar-refractivity contribution < 1.29 is 9.47 Å². The number of aromatic nitrogens is 1. The molecule has 2 aromatic carbocycles. The molecular formula is C20H19N3O2. The van der Waals surface area contributed by atoms with Crippen molar-refractivity contribution in [3.05, 3.63) is 66.4 Å². The van der Waals surface area contributed by atoms with Crippen LogP contribution in [0.4, 0.5) is 5.82 Å². The number of ether oxygens (including phenoxy) is 2. The largest absolute Gasteiger partial charge is 0.491 e. The Balaban J connectivity index is 1.93. The lowest BCUT2D eigenvalue weighted by atomic mass is 10.0. The SMILES string of the molecule is COCCOc1ccc(-c2cn(-c3ccccc3)c(N)c2C#N)cc1. The number of para-hydroxylation sites is 1. The third kappa shape index (κ3) is 3.49. The quantitative estimate of drug-likeness (QED) is 0.699. The number of nitrogens with two attached hydrogens (primary N) is 1. The fraction of sp³-hybridized carbons (Fsp3) is 0.150. The Bertz CT molecular complexity index is 878. The van der Waals surface area contributed by atoms with Gasteiger partial charge in [0.25, 0.3) is 0 Å². The van der Waals surface area contributed by atoms with Gasteiger partial charge in [-0.15, -0.1) is 0 Å². The summed E-state index contributed by atoms with van der Waals surface area (Å²) in [5.74, 6) is 1.19. The van der Waals surface area contributed by atoms with Crippen molar-refractivity contribution in [3.8, 4) is 28.6 Å². The van der Waals surface area contributed by atoms with Crippen molar-refractivity contribution in [2.24, 2.45) is 0 Å². The predicted molar refractivity (Wildman–Crippen MR) is 97.7 cm³/mol. The molecule has 3 aromatic rings. The van der Waals surface area contributed by atoms with Gasteiger partial charge in [-0.25, -0.2) is 0 Å². The fourth-order valence-electron chi connectivity index (χ4n) is 2.63. The van der Waals surface area contributed by atoms with E-state index < -0.39 is 0 Å². The van der Waals surface area contributed by atoms with Crippen LogP contribution in [-0.2, 0) is 4.74 Å². The van der Waals surface area contributed by atoms with Gasteiger partial charge in [0.2, 0.25) is 0 Å². The van der Waals surface area contributed by atoms with Gasteiger partial charge in [-0.3, -0.25) is 0 Å². The summed E-state index contributed by atoms with van der Waals surface area (Å²) >= 11 is 0. The van der Waals surface area contributed by atoms with Gasteiger partial charge in [-0.2, -0.15) is 5.26 Å². The van der Waals surface area contributed by atoms with E-state index in [9.17, 15) is 5.26 Å². The molecule has 0 aliphatic rings. The minimum absolute atomic E-state index is 0.434. The number of nitrogens with zero attached hydrogens (tertiary/aromatic N) is 2. The van der Waals surface area contributed by atoms with E-state index in [1.54, 1.807) is 7.11 Å². The van der Waals surface area contributed by atoms with E-state index in [4.69, 9.17) is 15.2 Å². The third-order valence-electron chi connectivity index (χ3n) is 3.91. The molecule has 25 heavy (non-hydrogen) atoms. The molecule has 0 fully saturated rings. The van der Waals surface area contributed by atoms with Crippen LogP contribution in [0, 0.1) is 11.3 Å². The second-order valence-electron chi connectivity index (χ2n) is 5.49. The maximum Gasteiger partial charge on any atom is 0.126 e. The molecular weight excluding hydrogens is 314 g/mol. The van der Waals surface area contributed by atoms with Crippen LogP contribution in [0.2, 0.25) is 0 Å². The van der Waals surface area contributed by atoms with E-state index in [2.05, 4.69) is 6.07 Å². The monoisotopic (exact) mass is 333 g/mol. The van der Waals surface area contributed by atoms with Crippen molar-refractivity contribution in [2.75, 3.05) is 26.1 Å². The van der Waals surface area contributed by atoms with E-state index in [0.29, 0.717) is 24.6 Å². The van der Waals surface area contributed by atoms with Crippen molar-refractivity contribution in [1.29, 1.82) is 5.26 Å². The van der Waals surface area contributed by atoms with Crippen LogP contribution in [0.5, 0.6) is 5.75 Å². The summed E-state index contributed by atoms with van der Waals surface area (Å²) in [5, 5.41) is 9.54. The van der Waals surface area contributed by atoms with E-state index in [1.165, 1.54) is 0 Å². The van der Waals surface area contributed by atoms with Gasteiger partial charge in [0.15, 0.2) is 0 Å². The van der Waals surface area contributed by atoms with E-state index in [1.807, 2.05) is 65.4 Å². The Hall–Kier alpha value is -3.23. The van der Waals surface area contributed by atoms with Gasteiger partial charge in [-0.05, 0) is 29.8 Å². The minimum atomic E-state index is 0.434. The van der Waals surface area contributed by atoms with Crippen LogP contribution in [0.15, 0.2) is 60.8 Å². The highest BCUT2D eigenvalue weighted by molar-refractivity contribution is 5.78. The molecule has 126 valence electrons. The topological polar surface area (TPSA) is 73.2 Å². The van der Waals surface area contributed by atoms with Gasteiger partial charge in [0.1, 0.15) is 29.8 Å². The Labute approximate surface area is 146 Å². The smallest absolute Gasteiger partial charge is 0.126 e. The number of rotatable bonds is 6. The Morgan fingerprint density at radius 3 is 2.40 bits per heavy atom. The van der Waals surface area contributed by atoms with Crippen molar-refractivity contribution in [2.45, 2.75) is 0 Å². The first-order chi connectivity index (χ1) is 12.2. The molecule has 0 saturated heterocycles. The Kier molecular flexibility index (Phi) is 5.03. The number of methoxy groups -OCH3 is 1. The number of hydrogen-bond donors (Lipinski definition) is 1. The normalized spacial score (nSPS) is 10.4. The summed E-state index contributed by atoms with van der Waals surface area (Å²) < 4.78 is 12.4. The molecule has 3 rings (SSSR count). The number of nitriles is 1. The maximum absolute atomic E-state index is 9.54. The lowest BCUT2D eigenvalue weighted by molar-refractivity contribution is 0.146. The van der Waals surface area contributed by atoms with Crippen molar-refractivity contribution in [3.63, 3.8) is 0 Å². The molecule has 0 aliphatic heterocycles. The highest BCUT2D eigenvalue weighted by atomic mass is 16.5. The van der Waals surface area contributed by atoms with Crippen LogP contribution in [0.25, 0.3) is 16.8 Å². The summed E-state index contributed by atoms with van der Waals surface area (Å²) in [5.41, 5.74) is 9.30. The lowest BCUT2D eigenvalue weighted by Gasteiger charge is -2.06. The lowest BCUT2D eigenvalue weighted by Crippen LogP contribution is -2.03. The average Bonchev–Trinajstić information content (AvgIpc) is 2.99. The fourth-order valence-corrected chi connectivity index (χ4v) is 2.63. The van der Waals surface area contributed by atoms with Crippen molar-refractivity contribution >= 4 is 5.82 Å². The zero-order valence-corrected chi connectivity index (χ0v) is 14.0. The molecule has 0 amide bonds.